The molecule has 0 radical (unpaired) electrons. The van der Waals surface area contributed by atoms with Gasteiger partial charge in [0.1, 0.15) is 11.5 Å². The number of non-ortho nitro benzene ring substituents is 1. The first-order valence-corrected chi connectivity index (χ1v) is 8.51. The lowest BCUT2D eigenvalue weighted by Crippen LogP contribution is -2.04. The lowest BCUT2D eigenvalue weighted by atomic mass is 10.1. The van der Waals surface area contributed by atoms with Crippen LogP contribution >= 0.6 is 11.6 Å². The first kappa shape index (κ1) is 17.7. The van der Waals surface area contributed by atoms with Crippen molar-refractivity contribution in [2.75, 3.05) is 0 Å². The molecular formula is C20H11ClN2O5. The van der Waals surface area contributed by atoms with Crippen LogP contribution in [0.25, 0.3) is 17.4 Å². The van der Waals surface area contributed by atoms with Crippen LogP contribution in [-0.2, 0) is 9.53 Å². The summed E-state index contributed by atoms with van der Waals surface area (Å²) in [6.07, 6.45) is 1.46. The minimum Gasteiger partial charge on any atom is -0.457 e. The number of rotatable bonds is 4. The molecule has 7 nitrogen and oxygen atoms in total. The van der Waals surface area contributed by atoms with E-state index in [9.17, 15) is 14.9 Å². The highest BCUT2D eigenvalue weighted by Gasteiger charge is 2.24. The normalized spacial score (nSPS) is 14.8. The Bertz CT molecular complexity index is 1150. The zero-order chi connectivity index (χ0) is 19.7. The van der Waals surface area contributed by atoms with Gasteiger partial charge in [0.05, 0.1) is 9.95 Å². The summed E-state index contributed by atoms with van der Waals surface area (Å²) in [5, 5.41) is 11.0. The lowest BCUT2D eigenvalue weighted by Gasteiger charge is -2.00. The van der Waals surface area contributed by atoms with E-state index in [-0.39, 0.29) is 22.3 Å². The van der Waals surface area contributed by atoms with Crippen molar-refractivity contribution in [1.82, 2.24) is 0 Å². The molecule has 0 N–H and O–H groups in total. The molecule has 0 saturated carbocycles. The summed E-state index contributed by atoms with van der Waals surface area (Å²) in [5.41, 5.74) is 1.19. The molecule has 0 amide bonds. The van der Waals surface area contributed by atoms with Gasteiger partial charge in [0, 0.05) is 29.3 Å². The Morgan fingerprint density at radius 1 is 1.07 bits per heavy atom. The molecule has 2 aromatic carbocycles. The Morgan fingerprint density at radius 3 is 2.57 bits per heavy atom. The summed E-state index contributed by atoms with van der Waals surface area (Å²) >= 11 is 6.12. The molecule has 0 saturated heterocycles. The molecule has 28 heavy (non-hydrogen) atoms. The number of esters is 1. The second kappa shape index (κ2) is 7.13. The van der Waals surface area contributed by atoms with Crippen molar-refractivity contribution in [3.63, 3.8) is 0 Å². The summed E-state index contributed by atoms with van der Waals surface area (Å²) in [7, 11) is 0. The average Bonchev–Trinajstić information content (AvgIpc) is 3.30. The molecular weight excluding hydrogens is 384 g/mol. The van der Waals surface area contributed by atoms with Crippen LogP contribution in [0.2, 0.25) is 5.02 Å². The van der Waals surface area contributed by atoms with Gasteiger partial charge < -0.3 is 9.15 Å². The Balaban J connectivity index is 1.62. The standard InChI is InChI=1S/C20H11ClN2O5/c21-16-10-13(23(25)26)6-8-15(16)18-9-7-14(27-18)11-17-20(24)28-19(22-17)12-4-2-1-3-5-12/h1-11H. The molecule has 3 aromatic rings. The third kappa shape index (κ3) is 3.43. The molecule has 0 atom stereocenters. The third-order valence-electron chi connectivity index (χ3n) is 3.98. The molecule has 1 aliphatic rings. The molecule has 0 bridgehead atoms. The van der Waals surface area contributed by atoms with Gasteiger partial charge in [0.25, 0.3) is 5.69 Å². The van der Waals surface area contributed by atoms with E-state index in [0.717, 1.165) is 0 Å². The van der Waals surface area contributed by atoms with E-state index in [4.69, 9.17) is 20.8 Å². The van der Waals surface area contributed by atoms with Gasteiger partial charge in [-0.25, -0.2) is 9.79 Å². The number of nitro groups is 1. The number of hydrogen-bond donors (Lipinski definition) is 0. The van der Waals surface area contributed by atoms with Crippen LogP contribution < -0.4 is 0 Å². The predicted octanol–water partition coefficient (Wildman–Crippen LogP) is 4.85. The van der Waals surface area contributed by atoms with E-state index < -0.39 is 10.9 Å². The Morgan fingerprint density at radius 2 is 1.86 bits per heavy atom. The smallest absolute Gasteiger partial charge is 0.363 e. The number of hydrogen-bond acceptors (Lipinski definition) is 6. The van der Waals surface area contributed by atoms with Crippen LogP contribution in [0.4, 0.5) is 5.69 Å². The van der Waals surface area contributed by atoms with Crippen molar-refractivity contribution in [2.45, 2.75) is 0 Å². The highest BCUT2D eigenvalue weighted by Crippen LogP contribution is 2.33. The number of nitro benzene ring substituents is 1. The number of aliphatic imine (C=N–C) groups is 1. The SMILES string of the molecule is O=C1OC(c2ccccc2)=NC1=Cc1ccc(-c2ccc([N+](=O)[O-])cc2Cl)o1. The maximum Gasteiger partial charge on any atom is 0.363 e. The number of furan rings is 1. The highest BCUT2D eigenvalue weighted by atomic mass is 35.5. The van der Waals surface area contributed by atoms with E-state index in [2.05, 4.69) is 4.99 Å². The molecule has 138 valence electrons. The zero-order valence-corrected chi connectivity index (χ0v) is 14.9. The monoisotopic (exact) mass is 394 g/mol. The molecule has 4 rings (SSSR count). The number of cyclic esters (lactones) is 1. The Labute approximate surface area is 163 Å². The lowest BCUT2D eigenvalue weighted by molar-refractivity contribution is -0.384. The first-order chi connectivity index (χ1) is 13.5. The van der Waals surface area contributed by atoms with Gasteiger partial charge in [-0.15, -0.1) is 0 Å². The van der Waals surface area contributed by atoms with Gasteiger partial charge in [-0.05, 0) is 30.3 Å². The maximum atomic E-state index is 12.1. The zero-order valence-electron chi connectivity index (χ0n) is 14.2. The first-order valence-electron chi connectivity index (χ1n) is 8.13. The van der Waals surface area contributed by atoms with Gasteiger partial charge in [-0.1, -0.05) is 29.8 Å². The van der Waals surface area contributed by atoms with Crippen LogP contribution in [0, 0.1) is 10.1 Å². The molecule has 0 unspecified atom stereocenters. The average molecular weight is 395 g/mol. The van der Waals surface area contributed by atoms with Gasteiger partial charge in [0.2, 0.25) is 5.90 Å². The molecule has 0 spiro atoms. The fraction of sp³-hybridized carbons (Fsp3) is 0. The summed E-state index contributed by atoms with van der Waals surface area (Å²) in [6.45, 7) is 0. The number of benzene rings is 2. The molecule has 1 aliphatic heterocycles. The Hall–Kier alpha value is -3.71. The minimum absolute atomic E-state index is 0.106. The second-order valence-electron chi connectivity index (χ2n) is 5.83. The van der Waals surface area contributed by atoms with Crippen LogP contribution in [0.3, 0.4) is 0 Å². The fourth-order valence-corrected chi connectivity index (χ4v) is 2.91. The molecule has 8 heteroatoms. The van der Waals surface area contributed by atoms with Gasteiger partial charge in [-0.3, -0.25) is 10.1 Å². The number of carbonyl (C=O) groups is 1. The van der Waals surface area contributed by atoms with Gasteiger partial charge in [-0.2, -0.15) is 0 Å². The molecule has 0 aliphatic carbocycles. The third-order valence-corrected chi connectivity index (χ3v) is 4.29. The van der Waals surface area contributed by atoms with Crippen molar-refractivity contribution in [3.8, 4) is 11.3 Å². The van der Waals surface area contributed by atoms with Crippen molar-refractivity contribution < 1.29 is 18.9 Å². The van der Waals surface area contributed by atoms with Crippen molar-refractivity contribution >= 4 is 35.2 Å². The van der Waals surface area contributed by atoms with Crippen molar-refractivity contribution in [1.29, 1.82) is 0 Å². The molecule has 2 heterocycles. The number of halogens is 1. The minimum atomic E-state index is -0.579. The summed E-state index contributed by atoms with van der Waals surface area (Å²) < 4.78 is 10.9. The predicted molar refractivity (Wildman–Crippen MR) is 103 cm³/mol. The summed E-state index contributed by atoms with van der Waals surface area (Å²) in [5.74, 6) is 0.423. The van der Waals surface area contributed by atoms with Crippen LogP contribution in [0.15, 0.2) is 75.8 Å². The second-order valence-corrected chi connectivity index (χ2v) is 6.23. The number of ether oxygens (including phenoxy) is 1. The van der Waals surface area contributed by atoms with E-state index >= 15 is 0 Å². The number of nitrogens with zero attached hydrogens (tertiary/aromatic N) is 2. The van der Waals surface area contributed by atoms with Crippen LogP contribution in [-0.4, -0.2) is 16.8 Å². The summed E-state index contributed by atoms with van der Waals surface area (Å²) in [4.78, 5) is 26.6. The fourth-order valence-electron chi connectivity index (χ4n) is 2.64. The van der Waals surface area contributed by atoms with Crippen molar-refractivity contribution in [2.24, 2.45) is 4.99 Å². The maximum absolute atomic E-state index is 12.1. The van der Waals surface area contributed by atoms with Gasteiger partial charge in [0.15, 0.2) is 5.70 Å². The number of carbonyl (C=O) groups excluding carboxylic acids is 1. The highest BCUT2D eigenvalue weighted by molar-refractivity contribution is 6.33. The molecule has 1 aromatic heterocycles. The van der Waals surface area contributed by atoms with E-state index in [1.165, 1.54) is 24.3 Å². The Kier molecular flexibility index (Phi) is 4.50. The van der Waals surface area contributed by atoms with Crippen molar-refractivity contribution in [3.05, 3.63) is 92.8 Å². The van der Waals surface area contributed by atoms with E-state index in [1.54, 1.807) is 24.3 Å². The van der Waals surface area contributed by atoms with Crippen LogP contribution in [0.1, 0.15) is 11.3 Å². The summed E-state index contributed by atoms with van der Waals surface area (Å²) in [6, 6.07) is 16.5. The van der Waals surface area contributed by atoms with Gasteiger partial charge >= 0.3 is 5.97 Å². The van der Waals surface area contributed by atoms with E-state index in [0.29, 0.717) is 22.6 Å². The van der Waals surface area contributed by atoms with Crippen LogP contribution in [0.5, 0.6) is 0 Å². The quantitative estimate of drug-likeness (QED) is 0.273. The molecule has 0 fully saturated rings. The largest absolute Gasteiger partial charge is 0.457 e. The van der Waals surface area contributed by atoms with E-state index in [1.807, 2.05) is 18.2 Å². The topological polar surface area (TPSA) is 94.9 Å².